The standard InChI is InChI=1S/C33H39ClN8O3/c1-19-5-6-21(40(19)2)17-45-33-37-26-13-28-31-22(25(34)12-27-23(31)15-36-39-27)4-3-11-44-18-30(43)42-10-8-20-7-9-41(16-29(20)42)32(38-33)24(26)14-35-28/h12-15,19-21,29H,3-11,16-18H2,1-2H3,(H,36,39)/t19-,20-,21-,29-/m0/s1. The lowest BCUT2D eigenvalue weighted by Crippen LogP contribution is -2.51. The van der Waals surface area contributed by atoms with Crippen LogP contribution in [0.25, 0.3) is 33.1 Å². The van der Waals surface area contributed by atoms with Gasteiger partial charge in [0.2, 0.25) is 5.91 Å². The number of likely N-dealkylation sites (N-methyl/N-ethyl adjacent to an activating group) is 1. The number of ether oxygens (including phenoxy) is 2. The van der Waals surface area contributed by atoms with E-state index in [1.165, 1.54) is 0 Å². The van der Waals surface area contributed by atoms with Gasteiger partial charge in [-0.15, -0.1) is 0 Å². The van der Waals surface area contributed by atoms with Crippen molar-refractivity contribution in [3.05, 3.63) is 35.1 Å². The number of rotatable bonds is 3. The predicted octanol–water partition coefficient (Wildman–Crippen LogP) is 4.47. The van der Waals surface area contributed by atoms with Gasteiger partial charge in [-0.25, -0.2) is 0 Å². The molecule has 236 valence electrons. The number of halogens is 1. The van der Waals surface area contributed by atoms with E-state index in [0.717, 1.165) is 89.6 Å². The van der Waals surface area contributed by atoms with Crippen LogP contribution in [0.4, 0.5) is 5.82 Å². The lowest BCUT2D eigenvalue weighted by Gasteiger charge is -2.39. The van der Waals surface area contributed by atoms with E-state index >= 15 is 0 Å². The summed E-state index contributed by atoms with van der Waals surface area (Å²) in [5, 5.41) is 9.84. The van der Waals surface area contributed by atoms with E-state index in [4.69, 9.17) is 36.0 Å². The number of anilines is 1. The Morgan fingerprint density at radius 3 is 2.87 bits per heavy atom. The van der Waals surface area contributed by atoms with Crippen LogP contribution in [0, 0.1) is 5.92 Å². The number of hydrogen-bond acceptors (Lipinski definition) is 9. The van der Waals surface area contributed by atoms with Crippen LogP contribution in [0.5, 0.6) is 6.01 Å². The van der Waals surface area contributed by atoms with E-state index in [-0.39, 0.29) is 18.6 Å². The zero-order chi connectivity index (χ0) is 30.7. The number of aromatic amines is 1. The molecule has 1 aromatic carbocycles. The first kappa shape index (κ1) is 28.9. The van der Waals surface area contributed by atoms with Crippen LogP contribution in [-0.2, 0) is 16.0 Å². The van der Waals surface area contributed by atoms with Crippen LogP contribution >= 0.6 is 11.6 Å². The van der Waals surface area contributed by atoms with E-state index in [2.05, 4.69) is 34.0 Å². The van der Waals surface area contributed by atoms with Gasteiger partial charge < -0.3 is 19.3 Å². The lowest BCUT2D eigenvalue weighted by molar-refractivity contribution is -0.137. The molecule has 0 radical (unpaired) electrons. The molecule has 6 bridgehead atoms. The first-order valence-corrected chi connectivity index (χ1v) is 16.6. The molecule has 1 amide bonds. The molecule has 3 saturated heterocycles. The van der Waals surface area contributed by atoms with Crippen molar-refractivity contribution in [2.45, 2.75) is 63.6 Å². The van der Waals surface area contributed by atoms with Crippen molar-refractivity contribution in [1.29, 1.82) is 0 Å². The molecule has 0 aliphatic carbocycles. The number of likely N-dealkylation sites (tertiary alicyclic amines) is 1. The number of fused-ring (bicyclic) bond motifs is 7. The minimum atomic E-state index is 0.0598. The van der Waals surface area contributed by atoms with E-state index in [1.807, 2.05) is 29.4 Å². The Balaban J connectivity index is 1.26. The predicted molar refractivity (Wildman–Crippen MR) is 173 cm³/mol. The number of nitrogens with zero attached hydrogens (tertiary/aromatic N) is 7. The van der Waals surface area contributed by atoms with Gasteiger partial charge in [0.25, 0.3) is 0 Å². The summed E-state index contributed by atoms with van der Waals surface area (Å²) in [6.45, 7) is 5.68. The number of carbonyl (C=O) groups is 1. The van der Waals surface area contributed by atoms with Gasteiger partial charge in [0.05, 0.1) is 34.4 Å². The fourth-order valence-electron chi connectivity index (χ4n) is 7.88. The third-order valence-corrected chi connectivity index (χ3v) is 11.0. The zero-order valence-electron chi connectivity index (χ0n) is 25.8. The number of piperidine rings is 1. The van der Waals surface area contributed by atoms with Gasteiger partial charge in [-0.3, -0.25) is 19.8 Å². The Hall–Kier alpha value is -3.54. The topological polar surface area (TPSA) is 113 Å². The van der Waals surface area contributed by atoms with Crippen molar-refractivity contribution in [3.8, 4) is 17.3 Å². The number of carbonyl (C=O) groups excluding carboxylic acids is 1. The molecule has 8 heterocycles. The summed E-state index contributed by atoms with van der Waals surface area (Å²) in [7, 11) is 2.16. The molecular weight excluding hydrogens is 592 g/mol. The van der Waals surface area contributed by atoms with Gasteiger partial charge >= 0.3 is 6.01 Å². The summed E-state index contributed by atoms with van der Waals surface area (Å²) in [5.41, 5.74) is 4.29. The Morgan fingerprint density at radius 2 is 2.00 bits per heavy atom. The van der Waals surface area contributed by atoms with Crippen molar-refractivity contribution >= 4 is 45.1 Å². The third kappa shape index (κ3) is 5.18. The van der Waals surface area contributed by atoms with Crippen molar-refractivity contribution in [3.63, 3.8) is 0 Å². The first-order chi connectivity index (χ1) is 21.9. The quantitative estimate of drug-likeness (QED) is 0.350. The highest BCUT2D eigenvalue weighted by molar-refractivity contribution is 6.33. The Morgan fingerprint density at radius 1 is 1.11 bits per heavy atom. The minimum absolute atomic E-state index is 0.0598. The maximum absolute atomic E-state index is 13.4. The number of hydrogen-bond donors (Lipinski definition) is 1. The highest BCUT2D eigenvalue weighted by Gasteiger charge is 2.41. The van der Waals surface area contributed by atoms with Crippen LogP contribution in [0.2, 0.25) is 5.02 Å². The van der Waals surface area contributed by atoms with Crippen molar-refractivity contribution in [2.75, 3.05) is 51.4 Å². The van der Waals surface area contributed by atoms with Gasteiger partial charge in [-0.2, -0.15) is 15.1 Å². The highest BCUT2D eigenvalue weighted by atomic mass is 35.5. The summed E-state index contributed by atoms with van der Waals surface area (Å²) < 4.78 is 12.3. The molecule has 4 atom stereocenters. The summed E-state index contributed by atoms with van der Waals surface area (Å²) in [6, 6.07) is 5.30. The molecule has 45 heavy (non-hydrogen) atoms. The molecule has 11 nitrogen and oxygen atoms in total. The van der Waals surface area contributed by atoms with E-state index in [9.17, 15) is 4.79 Å². The average molecular weight is 631 g/mol. The van der Waals surface area contributed by atoms with Gasteiger partial charge in [0.15, 0.2) is 0 Å². The molecule has 1 N–H and O–H groups in total. The Bertz CT molecular complexity index is 1760. The largest absolute Gasteiger partial charge is 0.462 e. The van der Waals surface area contributed by atoms with E-state index in [0.29, 0.717) is 55.2 Å². The van der Waals surface area contributed by atoms with Gasteiger partial charge in [-0.05, 0) is 76.1 Å². The monoisotopic (exact) mass is 630 g/mol. The molecule has 5 aliphatic rings. The fourth-order valence-corrected chi connectivity index (χ4v) is 8.18. The SMILES string of the molecule is C[C@H]1CC[C@@H](COc2nc3c4cnc(cc4n2)-c2c(c(Cl)cc4[nH]ncc24)CCCOCC(=O)N2CC[C@@H]4CCN3C[C@@H]42)N1C. The number of benzene rings is 1. The molecule has 0 unspecified atom stereocenters. The fraction of sp³-hybridized carbons (Fsp3) is 0.545. The maximum Gasteiger partial charge on any atom is 0.319 e. The summed E-state index contributed by atoms with van der Waals surface area (Å²) in [4.78, 5) is 35.1. The third-order valence-electron chi connectivity index (χ3n) is 10.6. The van der Waals surface area contributed by atoms with Crippen molar-refractivity contribution < 1.29 is 14.3 Å². The smallest absolute Gasteiger partial charge is 0.319 e. The van der Waals surface area contributed by atoms with Gasteiger partial charge in [0.1, 0.15) is 19.0 Å². The number of nitrogens with one attached hydrogen (secondary N) is 1. The molecule has 3 aromatic heterocycles. The second-order valence-electron chi connectivity index (χ2n) is 13.1. The lowest BCUT2D eigenvalue weighted by atomic mass is 9.92. The molecule has 9 rings (SSSR count). The first-order valence-electron chi connectivity index (χ1n) is 16.2. The number of amides is 1. The van der Waals surface area contributed by atoms with Crippen LogP contribution in [0.15, 0.2) is 24.5 Å². The highest BCUT2D eigenvalue weighted by Crippen LogP contribution is 2.40. The normalized spacial score (nSPS) is 25.9. The molecular formula is C33H39ClN8O3. The van der Waals surface area contributed by atoms with Crippen molar-refractivity contribution in [1.82, 2.24) is 34.9 Å². The number of pyridine rings is 1. The van der Waals surface area contributed by atoms with Crippen LogP contribution in [0.3, 0.4) is 0 Å². The van der Waals surface area contributed by atoms with E-state index < -0.39 is 0 Å². The van der Waals surface area contributed by atoms with Gasteiger partial charge in [-0.1, -0.05) is 11.6 Å². The van der Waals surface area contributed by atoms with Gasteiger partial charge in [0, 0.05) is 60.5 Å². The number of aromatic nitrogens is 5. The van der Waals surface area contributed by atoms with Crippen LogP contribution in [0.1, 0.15) is 44.6 Å². The summed E-state index contributed by atoms with van der Waals surface area (Å²) in [6.07, 6.45) is 9.37. The molecule has 0 spiro atoms. The summed E-state index contributed by atoms with van der Waals surface area (Å²) in [5.74, 6) is 1.35. The number of H-pyrrole nitrogens is 1. The Labute approximate surface area is 267 Å². The molecule has 12 heteroatoms. The molecule has 3 fully saturated rings. The zero-order valence-corrected chi connectivity index (χ0v) is 26.6. The average Bonchev–Trinajstić information content (AvgIpc) is 3.77. The Kier molecular flexibility index (Phi) is 7.50. The second kappa shape index (κ2) is 11.7. The summed E-state index contributed by atoms with van der Waals surface area (Å²) >= 11 is 6.90. The van der Waals surface area contributed by atoms with Crippen molar-refractivity contribution in [2.24, 2.45) is 5.92 Å². The van der Waals surface area contributed by atoms with Crippen LogP contribution in [-0.4, -0.2) is 105 Å². The molecule has 4 aromatic rings. The second-order valence-corrected chi connectivity index (χ2v) is 13.5. The molecule has 0 saturated carbocycles. The maximum atomic E-state index is 13.4. The minimum Gasteiger partial charge on any atom is -0.462 e. The van der Waals surface area contributed by atoms with Crippen LogP contribution < -0.4 is 9.64 Å². The van der Waals surface area contributed by atoms with E-state index in [1.54, 1.807) is 0 Å². The molecule has 5 aliphatic heterocycles.